The highest BCUT2D eigenvalue weighted by molar-refractivity contribution is 7.89. The van der Waals surface area contributed by atoms with Crippen molar-refractivity contribution in [1.29, 1.82) is 0 Å². The molecule has 110 valence electrons. The zero-order chi connectivity index (χ0) is 14.6. The van der Waals surface area contributed by atoms with Gasteiger partial charge in [-0.25, -0.2) is 13.1 Å². The number of sulfonamides is 1. The van der Waals surface area contributed by atoms with E-state index < -0.39 is 10.0 Å². The minimum absolute atomic E-state index is 0.0860. The Morgan fingerprint density at radius 2 is 2.05 bits per heavy atom. The molecule has 1 aromatic rings. The van der Waals surface area contributed by atoms with Crippen molar-refractivity contribution in [3.63, 3.8) is 0 Å². The normalized spacial score (nSPS) is 18.9. The molecule has 1 aliphatic rings. The van der Waals surface area contributed by atoms with Crippen LogP contribution in [0.5, 0.6) is 0 Å². The summed E-state index contributed by atoms with van der Waals surface area (Å²) in [5.41, 5.74) is 0.429. The Bertz CT molecular complexity index is 563. The summed E-state index contributed by atoms with van der Waals surface area (Å²) < 4.78 is 30.7. The van der Waals surface area contributed by atoms with E-state index in [0.29, 0.717) is 12.1 Å². The Balaban J connectivity index is 1.97. The highest BCUT2D eigenvalue weighted by Gasteiger charge is 2.17. The fraction of sp³-hybridized carbons (Fsp3) is 0.462. The van der Waals surface area contributed by atoms with Crippen LogP contribution in [0.3, 0.4) is 0 Å². The summed E-state index contributed by atoms with van der Waals surface area (Å²) in [5, 5.41) is 2.78. The van der Waals surface area contributed by atoms with Gasteiger partial charge >= 0.3 is 0 Å². The Labute approximate surface area is 118 Å². The summed E-state index contributed by atoms with van der Waals surface area (Å²) in [7, 11) is -2.12. The van der Waals surface area contributed by atoms with Crippen LogP contribution in [0.4, 0.5) is 0 Å². The maximum Gasteiger partial charge on any atom is 0.251 e. The molecule has 0 bridgehead atoms. The average molecular weight is 298 g/mol. The van der Waals surface area contributed by atoms with Gasteiger partial charge in [0.2, 0.25) is 10.0 Å². The van der Waals surface area contributed by atoms with Crippen LogP contribution in [0.25, 0.3) is 0 Å². The molecule has 0 aromatic heterocycles. The number of ether oxygens (including phenoxy) is 1. The molecule has 1 fully saturated rings. The molecule has 6 nitrogen and oxygen atoms in total. The lowest BCUT2D eigenvalue weighted by Gasteiger charge is -2.11. The molecule has 1 saturated heterocycles. The van der Waals surface area contributed by atoms with Gasteiger partial charge < -0.3 is 10.1 Å². The molecule has 0 radical (unpaired) electrons. The van der Waals surface area contributed by atoms with Crippen LogP contribution in [0.15, 0.2) is 29.2 Å². The lowest BCUT2D eigenvalue weighted by Crippen LogP contribution is -2.31. The van der Waals surface area contributed by atoms with Crippen LogP contribution >= 0.6 is 0 Å². The molecule has 0 saturated carbocycles. The first kappa shape index (κ1) is 15.0. The first-order chi connectivity index (χ1) is 9.53. The van der Waals surface area contributed by atoms with Gasteiger partial charge in [-0.1, -0.05) is 0 Å². The number of carbonyl (C=O) groups excluding carboxylic acids is 1. The molecule has 20 heavy (non-hydrogen) atoms. The van der Waals surface area contributed by atoms with E-state index in [1.165, 1.54) is 31.3 Å². The van der Waals surface area contributed by atoms with E-state index in [4.69, 9.17) is 4.74 Å². The number of hydrogen-bond donors (Lipinski definition) is 2. The van der Waals surface area contributed by atoms with Crippen molar-refractivity contribution in [3.05, 3.63) is 29.8 Å². The predicted octanol–water partition coefficient (Wildman–Crippen LogP) is 0.504. The van der Waals surface area contributed by atoms with E-state index in [2.05, 4.69) is 10.0 Å². The Morgan fingerprint density at radius 1 is 1.35 bits per heavy atom. The van der Waals surface area contributed by atoms with Gasteiger partial charge in [0.25, 0.3) is 5.91 Å². The first-order valence-corrected chi connectivity index (χ1v) is 7.94. The summed E-state index contributed by atoms with van der Waals surface area (Å²) in [4.78, 5) is 12.0. The zero-order valence-corrected chi connectivity index (χ0v) is 12.1. The number of benzene rings is 1. The molecule has 2 N–H and O–H groups in total. The van der Waals surface area contributed by atoms with Gasteiger partial charge in [0.1, 0.15) is 0 Å². The van der Waals surface area contributed by atoms with E-state index in [0.717, 1.165) is 19.4 Å². The van der Waals surface area contributed by atoms with Gasteiger partial charge in [0.15, 0.2) is 0 Å². The number of amides is 1. The van der Waals surface area contributed by atoms with Gasteiger partial charge in [-0.05, 0) is 44.2 Å². The van der Waals surface area contributed by atoms with Crippen LogP contribution in [-0.4, -0.2) is 40.6 Å². The van der Waals surface area contributed by atoms with Crippen molar-refractivity contribution in [2.75, 3.05) is 20.2 Å². The van der Waals surface area contributed by atoms with Crippen molar-refractivity contribution < 1.29 is 17.9 Å². The van der Waals surface area contributed by atoms with E-state index in [9.17, 15) is 13.2 Å². The monoisotopic (exact) mass is 298 g/mol. The largest absolute Gasteiger partial charge is 0.376 e. The number of carbonyl (C=O) groups is 1. The third kappa shape index (κ3) is 3.56. The second kappa shape index (κ2) is 6.34. The summed E-state index contributed by atoms with van der Waals surface area (Å²) in [5.74, 6) is -0.228. The van der Waals surface area contributed by atoms with Crippen molar-refractivity contribution in [2.24, 2.45) is 0 Å². The van der Waals surface area contributed by atoms with E-state index in [1.807, 2.05) is 0 Å². The van der Waals surface area contributed by atoms with Crippen LogP contribution < -0.4 is 10.0 Å². The third-order valence-electron chi connectivity index (χ3n) is 3.21. The molecule has 2 rings (SSSR count). The van der Waals surface area contributed by atoms with Gasteiger partial charge in [-0.3, -0.25) is 4.79 Å². The molecule has 0 spiro atoms. The molecular formula is C13H18N2O4S. The molecule has 1 aliphatic heterocycles. The minimum Gasteiger partial charge on any atom is -0.376 e. The van der Waals surface area contributed by atoms with E-state index in [1.54, 1.807) is 0 Å². The first-order valence-electron chi connectivity index (χ1n) is 6.46. The molecule has 1 aromatic carbocycles. The Kier molecular flexibility index (Phi) is 4.74. The number of rotatable bonds is 5. The topological polar surface area (TPSA) is 84.5 Å². The van der Waals surface area contributed by atoms with Crippen molar-refractivity contribution in [1.82, 2.24) is 10.0 Å². The predicted molar refractivity (Wildman–Crippen MR) is 74.0 cm³/mol. The summed E-state index contributed by atoms with van der Waals surface area (Å²) in [6.45, 7) is 1.23. The van der Waals surface area contributed by atoms with Crippen molar-refractivity contribution in [2.45, 2.75) is 23.8 Å². The van der Waals surface area contributed by atoms with Crippen LogP contribution in [0.2, 0.25) is 0 Å². The molecule has 1 heterocycles. The average Bonchev–Trinajstić information content (AvgIpc) is 2.98. The highest BCUT2D eigenvalue weighted by atomic mass is 32.2. The number of hydrogen-bond acceptors (Lipinski definition) is 4. The fourth-order valence-corrected chi connectivity index (χ4v) is 2.75. The van der Waals surface area contributed by atoms with Crippen molar-refractivity contribution >= 4 is 15.9 Å². The maximum atomic E-state index is 11.9. The van der Waals surface area contributed by atoms with E-state index >= 15 is 0 Å². The summed E-state index contributed by atoms with van der Waals surface area (Å²) in [6, 6.07) is 5.81. The number of nitrogens with one attached hydrogen (secondary N) is 2. The van der Waals surface area contributed by atoms with Crippen LogP contribution in [0.1, 0.15) is 23.2 Å². The SMILES string of the molecule is CNS(=O)(=O)c1ccc(C(=O)NCC2CCCO2)cc1. The standard InChI is InChI=1S/C13H18N2O4S/c1-14-20(17,18)12-6-4-10(5-7-12)13(16)15-9-11-3-2-8-19-11/h4-7,11,14H,2-3,8-9H2,1H3,(H,15,16). The van der Waals surface area contributed by atoms with E-state index in [-0.39, 0.29) is 16.9 Å². The van der Waals surface area contributed by atoms with Crippen LogP contribution in [-0.2, 0) is 14.8 Å². The van der Waals surface area contributed by atoms with Gasteiger partial charge in [-0.15, -0.1) is 0 Å². The smallest absolute Gasteiger partial charge is 0.251 e. The van der Waals surface area contributed by atoms with Gasteiger partial charge in [-0.2, -0.15) is 0 Å². The van der Waals surface area contributed by atoms with Crippen molar-refractivity contribution in [3.8, 4) is 0 Å². The molecule has 1 amide bonds. The minimum atomic E-state index is -3.47. The molecule has 1 unspecified atom stereocenters. The lowest BCUT2D eigenvalue weighted by atomic mass is 10.2. The second-order valence-electron chi connectivity index (χ2n) is 4.58. The Hall–Kier alpha value is -1.44. The quantitative estimate of drug-likeness (QED) is 0.829. The van der Waals surface area contributed by atoms with Crippen LogP contribution in [0, 0.1) is 0 Å². The lowest BCUT2D eigenvalue weighted by molar-refractivity contribution is 0.0857. The second-order valence-corrected chi connectivity index (χ2v) is 6.46. The molecular weight excluding hydrogens is 280 g/mol. The fourth-order valence-electron chi connectivity index (χ4n) is 2.02. The van der Waals surface area contributed by atoms with Gasteiger partial charge in [0, 0.05) is 18.7 Å². The Morgan fingerprint density at radius 3 is 2.60 bits per heavy atom. The zero-order valence-electron chi connectivity index (χ0n) is 11.3. The summed E-state index contributed by atoms with van der Waals surface area (Å²) in [6.07, 6.45) is 2.07. The third-order valence-corrected chi connectivity index (χ3v) is 4.64. The maximum absolute atomic E-state index is 11.9. The highest BCUT2D eigenvalue weighted by Crippen LogP contribution is 2.12. The van der Waals surface area contributed by atoms with Gasteiger partial charge in [0.05, 0.1) is 11.0 Å². The molecule has 0 aliphatic carbocycles. The summed E-state index contributed by atoms with van der Waals surface area (Å²) >= 11 is 0. The molecule has 7 heteroatoms. The molecule has 1 atom stereocenters.